The Bertz CT molecular complexity index is 1470. The molecule has 6 heteroatoms. The molecule has 4 bridgehead atoms. The zero-order valence-electron chi connectivity index (χ0n) is 21.6. The molecule has 4 saturated carbocycles. The van der Waals surface area contributed by atoms with Gasteiger partial charge in [-0.25, -0.2) is 0 Å². The Morgan fingerprint density at radius 3 is 2.54 bits per heavy atom. The van der Waals surface area contributed by atoms with E-state index in [-0.39, 0.29) is 23.7 Å². The van der Waals surface area contributed by atoms with Crippen molar-refractivity contribution in [2.45, 2.75) is 65.3 Å². The Hall–Kier alpha value is -3.28. The van der Waals surface area contributed by atoms with E-state index in [1.165, 1.54) is 38.5 Å². The molecule has 6 nitrogen and oxygen atoms in total. The number of amides is 1. The number of carbonyl (C=O) groups excluding carboxylic acids is 1. The molecule has 4 aliphatic carbocycles. The van der Waals surface area contributed by atoms with Crippen molar-refractivity contribution in [2.75, 3.05) is 12.1 Å². The zero-order valence-corrected chi connectivity index (χ0v) is 21.6. The topological polar surface area (TPSA) is 69.6 Å². The fourth-order valence-electron chi connectivity index (χ4n) is 9.20. The van der Waals surface area contributed by atoms with Gasteiger partial charge in [-0.1, -0.05) is 26.0 Å². The molecule has 37 heavy (non-hydrogen) atoms. The average Bonchev–Trinajstić information content (AvgIpc) is 3.26. The van der Waals surface area contributed by atoms with Gasteiger partial charge in [-0.3, -0.25) is 9.59 Å². The highest BCUT2D eigenvalue weighted by atomic mass is 16.7. The second-order valence-corrected chi connectivity index (χ2v) is 13.1. The van der Waals surface area contributed by atoms with Crippen LogP contribution >= 0.6 is 0 Å². The molecule has 0 radical (unpaired) electrons. The lowest BCUT2D eigenvalue weighted by Crippen LogP contribution is -2.55. The van der Waals surface area contributed by atoms with Gasteiger partial charge in [0.05, 0.1) is 6.54 Å². The molecule has 5 aliphatic rings. The third-order valence-electron chi connectivity index (χ3n) is 9.36. The molecule has 0 saturated heterocycles. The number of rotatable bonds is 5. The number of ether oxygens (including phenoxy) is 2. The van der Waals surface area contributed by atoms with Crippen LogP contribution in [0.5, 0.6) is 11.5 Å². The molecule has 1 aromatic heterocycles. The van der Waals surface area contributed by atoms with Crippen LogP contribution in [0.2, 0.25) is 0 Å². The van der Waals surface area contributed by atoms with E-state index in [2.05, 4.69) is 19.2 Å². The molecule has 1 N–H and O–H groups in total. The second kappa shape index (κ2) is 7.86. The minimum atomic E-state index is -0.0757. The predicted molar refractivity (Wildman–Crippen MR) is 143 cm³/mol. The van der Waals surface area contributed by atoms with Crippen LogP contribution < -0.4 is 20.3 Å². The first kappa shape index (κ1) is 22.9. The van der Waals surface area contributed by atoms with Crippen LogP contribution in [-0.2, 0) is 11.3 Å². The minimum absolute atomic E-state index is 0.0752. The standard InChI is InChI=1S/C31H34N2O4/c1-29-11-21-12-30(2,16-29)18-31(13-21,17-29)14-27(34)32-24-5-3-4-23-22(24)8-9-33(28(23)35)15-20-6-7-25-26(10-20)37-19-36-25/h3-10,21H,11-19H2,1-2H3,(H,32,34). The maximum atomic E-state index is 13.4. The number of pyridine rings is 1. The Labute approximate surface area is 217 Å². The van der Waals surface area contributed by atoms with Crippen molar-refractivity contribution in [2.24, 2.45) is 22.2 Å². The van der Waals surface area contributed by atoms with Gasteiger partial charge in [0.2, 0.25) is 12.7 Å². The molecule has 1 amide bonds. The van der Waals surface area contributed by atoms with E-state index in [0.29, 0.717) is 34.9 Å². The monoisotopic (exact) mass is 498 g/mol. The van der Waals surface area contributed by atoms with Crippen molar-refractivity contribution >= 4 is 22.4 Å². The Kier molecular flexibility index (Phi) is 4.86. The maximum absolute atomic E-state index is 13.4. The van der Waals surface area contributed by atoms with Gasteiger partial charge in [-0.15, -0.1) is 0 Å². The van der Waals surface area contributed by atoms with Crippen LogP contribution in [0.3, 0.4) is 0 Å². The third-order valence-corrected chi connectivity index (χ3v) is 9.36. The molecular weight excluding hydrogens is 464 g/mol. The summed E-state index contributed by atoms with van der Waals surface area (Å²) >= 11 is 0. The second-order valence-electron chi connectivity index (χ2n) is 13.1. The molecule has 2 heterocycles. The number of hydrogen-bond donors (Lipinski definition) is 1. The van der Waals surface area contributed by atoms with Crippen LogP contribution in [0.15, 0.2) is 53.5 Å². The summed E-state index contributed by atoms with van der Waals surface area (Å²) in [5, 5.41) is 4.58. The molecule has 8 rings (SSSR count). The summed E-state index contributed by atoms with van der Waals surface area (Å²) in [4.78, 5) is 26.8. The van der Waals surface area contributed by atoms with Crippen LogP contribution in [0, 0.1) is 22.2 Å². The lowest BCUT2D eigenvalue weighted by atomic mass is 9.40. The number of hydrogen-bond acceptors (Lipinski definition) is 4. The fraction of sp³-hybridized carbons (Fsp3) is 0.484. The Morgan fingerprint density at radius 2 is 1.76 bits per heavy atom. The summed E-state index contributed by atoms with van der Waals surface area (Å²) in [6.07, 6.45) is 9.87. The van der Waals surface area contributed by atoms with Gasteiger partial charge < -0.3 is 19.4 Å². The van der Waals surface area contributed by atoms with Crippen LogP contribution in [0.25, 0.3) is 10.8 Å². The first-order valence-corrected chi connectivity index (χ1v) is 13.5. The van der Waals surface area contributed by atoms with E-state index in [1.54, 1.807) is 4.57 Å². The van der Waals surface area contributed by atoms with Crippen LogP contribution in [-0.4, -0.2) is 17.3 Å². The van der Waals surface area contributed by atoms with Gasteiger partial charge >= 0.3 is 0 Å². The summed E-state index contributed by atoms with van der Waals surface area (Å²) in [7, 11) is 0. The molecule has 3 aromatic rings. The lowest BCUT2D eigenvalue weighted by molar-refractivity contribution is -0.153. The fourth-order valence-corrected chi connectivity index (χ4v) is 9.20. The number of carbonyl (C=O) groups is 1. The Balaban J connectivity index is 1.12. The summed E-state index contributed by atoms with van der Waals surface area (Å²) < 4.78 is 12.6. The first-order chi connectivity index (χ1) is 17.7. The molecule has 192 valence electrons. The highest BCUT2D eigenvalue weighted by Crippen LogP contribution is 2.70. The van der Waals surface area contributed by atoms with E-state index in [9.17, 15) is 9.59 Å². The van der Waals surface area contributed by atoms with Crippen molar-refractivity contribution in [1.82, 2.24) is 4.57 Å². The van der Waals surface area contributed by atoms with Gasteiger partial charge in [0.15, 0.2) is 11.5 Å². The van der Waals surface area contributed by atoms with Gasteiger partial charge in [0, 0.05) is 29.1 Å². The summed E-state index contributed by atoms with van der Waals surface area (Å²) in [6, 6.07) is 13.3. The number of anilines is 1. The van der Waals surface area contributed by atoms with Crippen LogP contribution in [0.4, 0.5) is 5.69 Å². The number of fused-ring (bicyclic) bond motifs is 2. The van der Waals surface area contributed by atoms with E-state index in [1.807, 2.05) is 48.7 Å². The molecule has 2 atom stereocenters. The quantitative estimate of drug-likeness (QED) is 0.461. The molecule has 2 unspecified atom stereocenters. The van der Waals surface area contributed by atoms with Gasteiger partial charge in [0.1, 0.15) is 0 Å². The molecular formula is C31H34N2O4. The lowest BCUT2D eigenvalue weighted by Gasteiger charge is -2.65. The number of nitrogens with one attached hydrogen (secondary N) is 1. The third kappa shape index (κ3) is 3.92. The zero-order chi connectivity index (χ0) is 25.4. The minimum Gasteiger partial charge on any atom is -0.454 e. The molecule has 0 spiro atoms. The first-order valence-electron chi connectivity index (χ1n) is 13.5. The maximum Gasteiger partial charge on any atom is 0.258 e. The van der Waals surface area contributed by atoms with Crippen molar-refractivity contribution < 1.29 is 14.3 Å². The molecule has 1 aliphatic heterocycles. The molecule has 4 fully saturated rings. The van der Waals surface area contributed by atoms with Crippen molar-refractivity contribution in [3.8, 4) is 11.5 Å². The smallest absolute Gasteiger partial charge is 0.258 e. The predicted octanol–water partition coefficient (Wildman–Crippen LogP) is 6.10. The largest absolute Gasteiger partial charge is 0.454 e. The van der Waals surface area contributed by atoms with Gasteiger partial charge in [-0.2, -0.15) is 0 Å². The van der Waals surface area contributed by atoms with Crippen molar-refractivity contribution in [1.29, 1.82) is 0 Å². The van der Waals surface area contributed by atoms with Crippen molar-refractivity contribution in [3.63, 3.8) is 0 Å². The molecule has 2 aromatic carbocycles. The SMILES string of the molecule is CC12CC3CC(C)(C1)CC(CC(=O)Nc1cccc4c(=O)n(Cc5ccc6c(c5)OCO6)ccc14)(C3)C2. The van der Waals surface area contributed by atoms with E-state index < -0.39 is 0 Å². The van der Waals surface area contributed by atoms with E-state index >= 15 is 0 Å². The highest BCUT2D eigenvalue weighted by Gasteiger charge is 2.60. The summed E-state index contributed by atoms with van der Waals surface area (Å²) in [5.41, 5.74) is 2.50. The number of aromatic nitrogens is 1. The number of nitrogens with zero attached hydrogens (tertiary/aromatic N) is 1. The Morgan fingerprint density at radius 1 is 0.973 bits per heavy atom. The van der Waals surface area contributed by atoms with E-state index in [0.717, 1.165) is 28.3 Å². The van der Waals surface area contributed by atoms with Gasteiger partial charge in [0.25, 0.3) is 5.56 Å². The van der Waals surface area contributed by atoms with Crippen LogP contribution in [0.1, 0.15) is 64.4 Å². The summed E-state index contributed by atoms with van der Waals surface area (Å²) in [6.45, 7) is 5.55. The normalized spacial score (nSPS) is 31.1. The average molecular weight is 499 g/mol. The van der Waals surface area contributed by atoms with E-state index in [4.69, 9.17) is 9.47 Å². The highest BCUT2D eigenvalue weighted by molar-refractivity contribution is 6.02. The van der Waals surface area contributed by atoms with Crippen molar-refractivity contribution in [3.05, 3.63) is 64.6 Å². The van der Waals surface area contributed by atoms with Gasteiger partial charge in [-0.05, 0) is 96.6 Å². The number of benzene rings is 2. The summed E-state index contributed by atoms with van der Waals surface area (Å²) in [5.74, 6) is 2.27.